The smallest absolute Gasteiger partial charge is 0.222 e. The summed E-state index contributed by atoms with van der Waals surface area (Å²) in [5.41, 5.74) is 10.4. The number of carbonyl (C=O) groups is 1. The minimum absolute atomic E-state index is 0.166. The number of nitrogens with two attached hydrogens (primary N) is 1. The lowest BCUT2D eigenvalue weighted by Gasteiger charge is -2.33. The van der Waals surface area contributed by atoms with E-state index in [1.54, 1.807) is 18.3 Å². The van der Waals surface area contributed by atoms with Crippen LogP contribution in [0.4, 0.5) is 10.3 Å². The molecule has 0 atom stereocenters. The van der Waals surface area contributed by atoms with E-state index in [0.29, 0.717) is 12.1 Å². The number of halogens is 1. The van der Waals surface area contributed by atoms with Crippen LogP contribution in [0.15, 0.2) is 78.8 Å². The molecule has 1 saturated heterocycles. The predicted octanol–water partition coefficient (Wildman–Crippen LogP) is 8.87. The quantitative estimate of drug-likeness (QED) is 0.129. The Morgan fingerprint density at radius 1 is 0.978 bits per heavy atom. The number of rotatable bonds is 16. The minimum Gasteiger partial charge on any atom is -0.368 e. The summed E-state index contributed by atoms with van der Waals surface area (Å²) >= 11 is 0. The van der Waals surface area contributed by atoms with Crippen LogP contribution in [0.3, 0.4) is 0 Å². The first-order valence-electron chi connectivity index (χ1n) is 16.6. The molecule has 4 rings (SSSR count). The number of amides is 1. The molecule has 8 heteroatoms. The Kier molecular flexibility index (Phi) is 13.6. The number of anilines is 1. The number of nitrogen functional groups attached to an aromatic ring is 1. The van der Waals surface area contributed by atoms with E-state index in [1.807, 2.05) is 17.3 Å². The zero-order valence-electron chi connectivity index (χ0n) is 27.0. The molecule has 2 N–H and O–H groups in total. The van der Waals surface area contributed by atoms with Crippen molar-refractivity contribution < 1.29 is 9.18 Å². The Bertz CT molecular complexity index is 1430. The molecular formula is C37H49FN6O. The molecular weight excluding hydrogens is 563 g/mol. The molecule has 240 valence electrons. The van der Waals surface area contributed by atoms with Crippen molar-refractivity contribution in [3.8, 4) is 22.6 Å². The van der Waals surface area contributed by atoms with Crippen LogP contribution in [-0.4, -0.2) is 43.4 Å². The van der Waals surface area contributed by atoms with Crippen LogP contribution in [0.1, 0.15) is 96.9 Å². The summed E-state index contributed by atoms with van der Waals surface area (Å²) in [5.74, 6) is 0.148. The van der Waals surface area contributed by atoms with E-state index in [9.17, 15) is 9.18 Å². The van der Waals surface area contributed by atoms with Crippen LogP contribution in [-0.2, 0) is 4.79 Å². The van der Waals surface area contributed by atoms with Gasteiger partial charge in [-0.05, 0) is 88.6 Å². The van der Waals surface area contributed by atoms with Gasteiger partial charge in [0.25, 0.3) is 0 Å². The summed E-state index contributed by atoms with van der Waals surface area (Å²) in [7, 11) is 0. The second-order valence-corrected chi connectivity index (χ2v) is 11.9. The zero-order chi connectivity index (χ0) is 31.9. The fourth-order valence-corrected chi connectivity index (χ4v) is 5.84. The minimum atomic E-state index is -0.295. The van der Waals surface area contributed by atoms with Gasteiger partial charge in [-0.2, -0.15) is 0 Å². The second kappa shape index (κ2) is 18.0. The fourth-order valence-electron chi connectivity index (χ4n) is 5.84. The first-order chi connectivity index (χ1) is 22.0. The van der Waals surface area contributed by atoms with Gasteiger partial charge in [0.15, 0.2) is 0 Å². The summed E-state index contributed by atoms with van der Waals surface area (Å²) in [6.07, 6.45) is 27.1. The molecule has 1 amide bonds. The first kappa shape index (κ1) is 33.8. The van der Waals surface area contributed by atoms with Crippen molar-refractivity contribution in [2.45, 2.75) is 96.9 Å². The molecule has 3 heterocycles. The molecule has 0 saturated carbocycles. The molecule has 0 bridgehead atoms. The van der Waals surface area contributed by atoms with Crippen LogP contribution in [0.2, 0.25) is 0 Å². The highest BCUT2D eigenvalue weighted by Gasteiger charge is 2.27. The molecule has 2 aromatic heterocycles. The molecule has 0 radical (unpaired) electrons. The molecule has 3 aromatic rings. The van der Waals surface area contributed by atoms with Gasteiger partial charge < -0.3 is 15.2 Å². The maximum absolute atomic E-state index is 13.6. The molecule has 1 fully saturated rings. The van der Waals surface area contributed by atoms with E-state index < -0.39 is 0 Å². The molecule has 0 spiro atoms. The average Bonchev–Trinajstić information content (AvgIpc) is 3.49. The standard InChI is InChI=1S/C37H49FN6O/c1-3-4-12-15-29(2)16-13-10-8-6-5-7-9-11-14-17-34(45)43-26-23-32(24-27-43)44-28-41-35(30-18-20-31(38)21-19-30)36(44)33-22-25-40-37(39)42-33/h4,8,10,12,16,18-22,25,28,32H,3,5-7,9,11,13-15,17,23-24,26-27H2,1-2H3,(H2,39,40,42)/b10-8-,12-4-,29-16+. The Morgan fingerprint density at radius 3 is 2.49 bits per heavy atom. The van der Waals surface area contributed by atoms with Gasteiger partial charge in [0.2, 0.25) is 11.9 Å². The summed E-state index contributed by atoms with van der Waals surface area (Å²) in [6, 6.07) is 8.30. The van der Waals surface area contributed by atoms with Crippen molar-refractivity contribution in [3.05, 3.63) is 84.6 Å². The lowest BCUT2D eigenvalue weighted by Crippen LogP contribution is -2.39. The monoisotopic (exact) mass is 612 g/mol. The van der Waals surface area contributed by atoms with Gasteiger partial charge >= 0.3 is 0 Å². The number of carbonyl (C=O) groups excluding carboxylic acids is 1. The summed E-state index contributed by atoms with van der Waals surface area (Å²) in [4.78, 5) is 28.2. The van der Waals surface area contributed by atoms with Gasteiger partial charge in [-0.15, -0.1) is 0 Å². The third-order valence-corrected chi connectivity index (χ3v) is 8.41. The largest absolute Gasteiger partial charge is 0.368 e. The SMILES string of the molecule is CC/C=C\C/C(C)=C/C/C=C\CCCCCCCC(=O)N1CCC(n2cnc(-c3ccc(F)cc3)c2-c2ccnc(N)n2)CC1. The van der Waals surface area contributed by atoms with Crippen molar-refractivity contribution in [1.82, 2.24) is 24.4 Å². The van der Waals surface area contributed by atoms with E-state index in [-0.39, 0.29) is 23.7 Å². The number of benzene rings is 1. The van der Waals surface area contributed by atoms with E-state index in [1.165, 1.54) is 37.0 Å². The highest BCUT2D eigenvalue weighted by atomic mass is 19.1. The maximum Gasteiger partial charge on any atom is 0.222 e. The number of likely N-dealkylation sites (tertiary alicyclic amines) is 1. The van der Waals surface area contributed by atoms with Crippen molar-refractivity contribution in [2.75, 3.05) is 18.8 Å². The van der Waals surface area contributed by atoms with Crippen LogP contribution in [0, 0.1) is 5.82 Å². The maximum atomic E-state index is 13.6. The summed E-state index contributed by atoms with van der Waals surface area (Å²) < 4.78 is 15.8. The Hall–Kier alpha value is -4.07. The van der Waals surface area contributed by atoms with E-state index in [0.717, 1.165) is 81.4 Å². The molecule has 0 unspecified atom stereocenters. The number of piperidine rings is 1. The number of nitrogens with zero attached hydrogens (tertiary/aromatic N) is 5. The molecule has 1 aliphatic rings. The lowest BCUT2D eigenvalue weighted by molar-refractivity contribution is -0.132. The predicted molar refractivity (Wildman–Crippen MR) is 182 cm³/mol. The number of imidazole rings is 1. The van der Waals surface area contributed by atoms with E-state index >= 15 is 0 Å². The number of unbranched alkanes of at least 4 members (excludes halogenated alkanes) is 5. The van der Waals surface area contributed by atoms with Crippen molar-refractivity contribution in [2.24, 2.45) is 0 Å². The summed E-state index contributed by atoms with van der Waals surface area (Å²) in [5, 5.41) is 0. The van der Waals surface area contributed by atoms with Crippen molar-refractivity contribution >= 4 is 11.9 Å². The van der Waals surface area contributed by atoms with Crippen molar-refractivity contribution in [3.63, 3.8) is 0 Å². The number of hydrogen-bond acceptors (Lipinski definition) is 5. The van der Waals surface area contributed by atoms with Crippen LogP contribution in [0.5, 0.6) is 0 Å². The topological polar surface area (TPSA) is 89.9 Å². The highest BCUT2D eigenvalue weighted by molar-refractivity contribution is 5.77. The van der Waals surface area contributed by atoms with Gasteiger partial charge in [-0.3, -0.25) is 4.79 Å². The van der Waals surface area contributed by atoms with Crippen LogP contribution >= 0.6 is 0 Å². The Morgan fingerprint density at radius 2 is 1.73 bits per heavy atom. The third-order valence-electron chi connectivity index (χ3n) is 8.41. The Balaban J connectivity index is 1.18. The Labute approximate surface area is 268 Å². The highest BCUT2D eigenvalue weighted by Crippen LogP contribution is 2.35. The number of allylic oxidation sites excluding steroid dienone is 6. The number of hydrogen-bond donors (Lipinski definition) is 1. The molecule has 0 aliphatic carbocycles. The second-order valence-electron chi connectivity index (χ2n) is 11.9. The lowest BCUT2D eigenvalue weighted by atomic mass is 10.0. The van der Waals surface area contributed by atoms with Gasteiger partial charge in [-0.1, -0.05) is 62.1 Å². The molecule has 1 aromatic carbocycles. The van der Waals surface area contributed by atoms with E-state index in [2.05, 4.69) is 58.8 Å². The van der Waals surface area contributed by atoms with E-state index in [4.69, 9.17) is 10.7 Å². The van der Waals surface area contributed by atoms with Crippen LogP contribution < -0.4 is 5.73 Å². The van der Waals surface area contributed by atoms with Gasteiger partial charge in [0.05, 0.1) is 23.4 Å². The number of aromatic nitrogens is 4. The third kappa shape index (κ3) is 10.5. The molecule has 45 heavy (non-hydrogen) atoms. The fraction of sp³-hybridized carbons (Fsp3) is 0.459. The average molecular weight is 613 g/mol. The van der Waals surface area contributed by atoms with Gasteiger partial charge in [0.1, 0.15) is 5.82 Å². The van der Waals surface area contributed by atoms with Gasteiger partial charge in [0, 0.05) is 37.3 Å². The molecule has 7 nitrogen and oxygen atoms in total. The molecule has 1 aliphatic heterocycles. The van der Waals surface area contributed by atoms with Crippen LogP contribution in [0.25, 0.3) is 22.6 Å². The summed E-state index contributed by atoms with van der Waals surface area (Å²) in [6.45, 7) is 5.80. The van der Waals surface area contributed by atoms with Gasteiger partial charge in [-0.25, -0.2) is 19.3 Å². The van der Waals surface area contributed by atoms with Crippen molar-refractivity contribution in [1.29, 1.82) is 0 Å². The normalized spacial score (nSPS) is 14.6. The first-order valence-corrected chi connectivity index (χ1v) is 16.6. The zero-order valence-corrected chi connectivity index (χ0v) is 27.0.